The highest BCUT2D eigenvalue weighted by Crippen LogP contribution is 2.70. The minimum Gasteiger partial charge on any atom is -0.396 e. The summed E-state index contributed by atoms with van der Waals surface area (Å²) in [6.45, 7) is 0.0531. The smallest absolute Gasteiger partial charge is 0.343 e. The van der Waals surface area contributed by atoms with Crippen molar-refractivity contribution in [3.8, 4) is 0 Å². The number of rotatable bonds is 4. The summed E-state index contributed by atoms with van der Waals surface area (Å²) in [4.78, 5) is 32.4. The number of aliphatic hydroxyl groups is 1. The first kappa shape index (κ1) is 13.3. The van der Waals surface area contributed by atoms with Gasteiger partial charge < -0.3 is 24.7 Å². The molecule has 13 heavy (non-hydrogen) atoms. The van der Waals surface area contributed by atoms with Crippen molar-refractivity contribution in [3.05, 3.63) is 0 Å². The Morgan fingerprint density at radius 3 is 1.46 bits per heavy atom. The van der Waals surface area contributed by atoms with Crippen LogP contribution in [0.1, 0.15) is 13.3 Å². The molecule has 0 atom stereocenters. The normalized spacial score (nSPS) is 14.6. The molecular formula is C4H12O7P2. The number of hydrogen-bond donors (Lipinski definition) is 5. The highest BCUT2D eigenvalue weighted by molar-refractivity contribution is 7.72. The monoisotopic (exact) mass is 234 g/mol. The van der Waals surface area contributed by atoms with Crippen molar-refractivity contribution in [1.82, 2.24) is 0 Å². The SMILES string of the molecule is CC(CCO)(P(=O)(O)O)P(=O)(O)O. The third kappa shape index (κ3) is 2.60. The second-order valence-electron chi connectivity index (χ2n) is 2.78. The highest BCUT2D eigenvalue weighted by atomic mass is 31.2. The molecular weight excluding hydrogens is 222 g/mol. The van der Waals surface area contributed by atoms with Crippen LogP contribution < -0.4 is 0 Å². The van der Waals surface area contributed by atoms with Crippen LogP contribution in [-0.2, 0) is 9.13 Å². The van der Waals surface area contributed by atoms with Gasteiger partial charge in [0.15, 0.2) is 4.90 Å². The van der Waals surface area contributed by atoms with E-state index in [1.54, 1.807) is 0 Å². The maximum absolute atomic E-state index is 10.8. The fourth-order valence-electron chi connectivity index (χ4n) is 0.673. The van der Waals surface area contributed by atoms with E-state index in [-0.39, 0.29) is 0 Å². The third-order valence-electron chi connectivity index (χ3n) is 1.84. The first-order valence-electron chi connectivity index (χ1n) is 3.28. The van der Waals surface area contributed by atoms with Crippen LogP contribution in [0.2, 0.25) is 0 Å². The summed E-state index contributed by atoms with van der Waals surface area (Å²) in [5.41, 5.74) is 0. The van der Waals surface area contributed by atoms with Crippen molar-refractivity contribution in [2.75, 3.05) is 6.61 Å². The van der Waals surface area contributed by atoms with Gasteiger partial charge in [0.05, 0.1) is 0 Å². The van der Waals surface area contributed by atoms with Gasteiger partial charge in [-0.1, -0.05) is 0 Å². The van der Waals surface area contributed by atoms with E-state index in [2.05, 4.69) is 0 Å². The summed E-state index contributed by atoms with van der Waals surface area (Å²) >= 11 is 0. The van der Waals surface area contributed by atoms with Gasteiger partial charge in [0.2, 0.25) is 0 Å². The van der Waals surface area contributed by atoms with Gasteiger partial charge in [-0.15, -0.1) is 0 Å². The van der Waals surface area contributed by atoms with Crippen LogP contribution in [0.3, 0.4) is 0 Å². The zero-order valence-corrected chi connectivity index (χ0v) is 8.65. The summed E-state index contributed by atoms with van der Waals surface area (Å²) < 4.78 is 21.6. The van der Waals surface area contributed by atoms with E-state index in [0.717, 1.165) is 6.92 Å². The first-order valence-corrected chi connectivity index (χ1v) is 6.51. The van der Waals surface area contributed by atoms with E-state index in [1.165, 1.54) is 0 Å². The Balaban J connectivity index is 5.22. The standard InChI is InChI=1S/C4H12O7P2/c1-4(2-3-5,12(6,7)8)13(9,10)11/h5H,2-3H2,1H3,(H2,6,7,8)(H2,9,10,11). The van der Waals surface area contributed by atoms with Crippen molar-refractivity contribution >= 4 is 15.2 Å². The fourth-order valence-corrected chi connectivity index (χ4v) is 2.81. The number of aliphatic hydroxyl groups excluding tert-OH is 1. The predicted octanol–water partition coefficient (Wildman–Crippen LogP) is -0.560. The molecule has 0 unspecified atom stereocenters. The average molecular weight is 234 g/mol. The fraction of sp³-hybridized carbons (Fsp3) is 1.00. The van der Waals surface area contributed by atoms with Gasteiger partial charge in [0.25, 0.3) is 0 Å². The van der Waals surface area contributed by atoms with Crippen LogP contribution in [0.4, 0.5) is 0 Å². The van der Waals surface area contributed by atoms with Gasteiger partial charge in [0, 0.05) is 6.61 Å². The maximum Gasteiger partial charge on any atom is 0.343 e. The van der Waals surface area contributed by atoms with Crippen LogP contribution in [-0.4, -0.2) is 36.2 Å². The summed E-state index contributed by atoms with van der Waals surface area (Å²) in [5, 5.41) is 8.44. The van der Waals surface area contributed by atoms with Crippen molar-refractivity contribution in [2.24, 2.45) is 0 Å². The predicted molar refractivity (Wildman–Crippen MR) is 44.2 cm³/mol. The van der Waals surface area contributed by atoms with E-state index in [1.807, 2.05) is 0 Å². The van der Waals surface area contributed by atoms with Crippen LogP contribution in [0.5, 0.6) is 0 Å². The summed E-state index contributed by atoms with van der Waals surface area (Å²) in [6.07, 6.45) is -0.651. The molecule has 0 aromatic carbocycles. The summed E-state index contributed by atoms with van der Waals surface area (Å²) in [6, 6.07) is 0. The van der Waals surface area contributed by atoms with Gasteiger partial charge in [-0.25, -0.2) is 0 Å². The average Bonchev–Trinajstić information content (AvgIpc) is 1.82. The zero-order valence-electron chi connectivity index (χ0n) is 6.86. The van der Waals surface area contributed by atoms with E-state index >= 15 is 0 Å². The lowest BCUT2D eigenvalue weighted by molar-refractivity contribution is 0.250. The quantitative estimate of drug-likeness (QED) is 0.411. The Hall–Kier alpha value is 0.260. The van der Waals surface area contributed by atoms with E-state index < -0.39 is 33.1 Å². The summed E-state index contributed by atoms with van der Waals surface area (Å²) in [5.74, 6) is 0. The van der Waals surface area contributed by atoms with Gasteiger partial charge in [-0.2, -0.15) is 0 Å². The molecule has 0 amide bonds. The summed E-state index contributed by atoms with van der Waals surface area (Å²) in [7, 11) is -9.90. The Labute approximate surface area is 74.7 Å². The molecule has 80 valence electrons. The van der Waals surface area contributed by atoms with Crippen LogP contribution in [0.25, 0.3) is 0 Å². The van der Waals surface area contributed by atoms with Crippen molar-refractivity contribution < 1.29 is 33.8 Å². The molecule has 0 aliphatic carbocycles. The zero-order chi connectivity index (χ0) is 10.9. The Morgan fingerprint density at radius 1 is 1.08 bits per heavy atom. The molecule has 0 saturated carbocycles. The molecule has 0 fully saturated rings. The molecule has 0 radical (unpaired) electrons. The molecule has 0 aromatic rings. The van der Waals surface area contributed by atoms with Crippen molar-refractivity contribution in [2.45, 2.75) is 18.2 Å². The molecule has 0 spiro atoms. The molecule has 0 aliphatic heterocycles. The lowest BCUT2D eigenvalue weighted by atomic mass is 10.3. The molecule has 0 heterocycles. The van der Waals surface area contributed by atoms with Crippen molar-refractivity contribution in [3.63, 3.8) is 0 Å². The number of hydrogen-bond acceptors (Lipinski definition) is 3. The van der Waals surface area contributed by atoms with E-state index in [0.29, 0.717) is 0 Å². The lowest BCUT2D eigenvalue weighted by Crippen LogP contribution is -2.26. The van der Waals surface area contributed by atoms with Crippen LogP contribution in [0.15, 0.2) is 0 Å². The maximum atomic E-state index is 10.8. The molecule has 9 heteroatoms. The molecule has 0 aromatic heterocycles. The molecule has 5 N–H and O–H groups in total. The van der Waals surface area contributed by atoms with Gasteiger partial charge in [-0.3, -0.25) is 9.13 Å². The first-order chi connectivity index (χ1) is 5.56. The molecule has 0 rings (SSSR count). The second-order valence-corrected chi connectivity index (χ2v) is 7.28. The molecule has 7 nitrogen and oxygen atoms in total. The van der Waals surface area contributed by atoms with Crippen molar-refractivity contribution in [1.29, 1.82) is 0 Å². The van der Waals surface area contributed by atoms with Crippen LogP contribution >= 0.6 is 15.2 Å². The molecule has 0 bridgehead atoms. The second kappa shape index (κ2) is 3.79. The van der Waals surface area contributed by atoms with Gasteiger partial charge in [-0.05, 0) is 13.3 Å². The Bertz CT molecular complexity index is 240. The molecule has 0 aliphatic rings. The van der Waals surface area contributed by atoms with Gasteiger partial charge in [0.1, 0.15) is 0 Å². The minimum atomic E-state index is -4.95. The third-order valence-corrected chi connectivity index (χ3v) is 6.36. The molecule has 0 saturated heterocycles. The Kier molecular flexibility index (Phi) is 3.86. The highest BCUT2D eigenvalue weighted by Gasteiger charge is 2.55. The van der Waals surface area contributed by atoms with E-state index in [9.17, 15) is 9.13 Å². The van der Waals surface area contributed by atoms with E-state index in [4.69, 9.17) is 24.7 Å². The minimum absolute atomic E-state index is 0.651. The van der Waals surface area contributed by atoms with Gasteiger partial charge >= 0.3 is 15.2 Å². The van der Waals surface area contributed by atoms with Crippen LogP contribution in [0, 0.1) is 0 Å². The lowest BCUT2D eigenvalue weighted by Gasteiger charge is -2.29. The topological polar surface area (TPSA) is 135 Å². The largest absolute Gasteiger partial charge is 0.396 e. The Morgan fingerprint density at radius 2 is 1.38 bits per heavy atom.